The van der Waals surface area contributed by atoms with Gasteiger partial charge in [-0.05, 0) is 19.0 Å². The van der Waals surface area contributed by atoms with Crippen LogP contribution in [0.15, 0.2) is 24.3 Å². The molecule has 0 spiro atoms. The average molecular weight is 173 g/mol. The number of nitrogens with one attached hydrogen (secondary N) is 1. The van der Waals surface area contributed by atoms with E-state index < -0.39 is 0 Å². The highest BCUT2D eigenvalue weighted by molar-refractivity contribution is 5.29. The van der Waals surface area contributed by atoms with Gasteiger partial charge < -0.3 is 5.32 Å². The average Bonchev–Trinajstić information content (AvgIpc) is 2.14. The summed E-state index contributed by atoms with van der Waals surface area (Å²) in [7, 11) is 0. The highest BCUT2D eigenvalue weighted by atomic mass is 14.9. The van der Waals surface area contributed by atoms with Gasteiger partial charge in [0.05, 0.1) is 6.04 Å². The summed E-state index contributed by atoms with van der Waals surface area (Å²) < 4.78 is 0. The van der Waals surface area contributed by atoms with E-state index in [4.69, 9.17) is 6.42 Å². The Balaban J connectivity index is 2.86. The molecule has 1 atom stereocenters. The summed E-state index contributed by atoms with van der Waals surface area (Å²) in [6.45, 7) is 5.02. The van der Waals surface area contributed by atoms with Crippen LogP contribution in [0.3, 0.4) is 0 Å². The van der Waals surface area contributed by atoms with E-state index in [1.54, 1.807) is 0 Å². The Kier molecular flexibility index (Phi) is 3.54. The fourth-order valence-corrected chi connectivity index (χ4v) is 1.33. The van der Waals surface area contributed by atoms with Crippen LogP contribution in [0.2, 0.25) is 0 Å². The molecule has 68 valence electrons. The zero-order valence-corrected chi connectivity index (χ0v) is 8.17. The molecule has 0 amide bonds. The van der Waals surface area contributed by atoms with Gasteiger partial charge in [-0.1, -0.05) is 42.7 Å². The molecule has 0 aliphatic heterocycles. The van der Waals surface area contributed by atoms with Crippen molar-refractivity contribution >= 4 is 0 Å². The van der Waals surface area contributed by atoms with Crippen molar-refractivity contribution < 1.29 is 0 Å². The molecule has 1 aromatic carbocycles. The first-order chi connectivity index (χ1) is 6.27. The molecule has 1 aromatic rings. The Morgan fingerprint density at radius 1 is 1.54 bits per heavy atom. The molecule has 0 aliphatic rings. The number of hydrogen-bond donors (Lipinski definition) is 1. The van der Waals surface area contributed by atoms with E-state index >= 15 is 0 Å². The molecule has 13 heavy (non-hydrogen) atoms. The minimum atomic E-state index is 0.0462. The van der Waals surface area contributed by atoms with Crippen LogP contribution >= 0.6 is 0 Å². The van der Waals surface area contributed by atoms with Gasteiger partial charge in [-0.25, -0.2) is 0 Å². The van der Waals surface area contributed by atoms with E-state index in [1.807, 2.05) is 6.07 Å². The van der Waals surface area contributed by atoms with Gasteiger partial charge in [0.15, 0.2) is 0 Å². The van der Waals surface area contributed by atoms with E-state index in [-0.39, 0.29) is 6.04 Å². The fraction of sp³-hybridized carbons (Fsp3) is 0.333. The van der Waals surface area contributed by atoms with Crippen molar-refractivity contribution in [1.82, 2.24) is 5.32 Å². The van der Waals surface area contributed by atoms with Crippen LogP contribution in [0.25, 0.3) is 0 Å². The summed E-state index contributed by atoms with van der Waals surface area (Å²) >= 11 is 0. The van der Waals surface area contributed by atoms with Gasteiger partial charge in [0.2, 0.25) is 0 Å². The van der Waals surface area contributed by atoms with Gasteiger partial charge in [-0.3, -0.25) is 0 Å². The molecular formula is C12H15N. The van der Waals surface area contributed by atoms with Crippen molar-refractivity contribution in [2.75, 3.05) is 6.54 Å². The summed E-state index contributed by atoms with van der Waals surface area (Å²) in [5.74, 6) is 2.74. The second-order valence-electron chi connectivity index (χ2n) is 3.07. The number of terminal acetylenes is 1. The largest absolute Gasteiger partial charge is 0.300 e. The highest BCUT2D eigenvalue weighted by Crippen LogP contribution is 2.12. The molecule has 1 unspecified atom stereocenters. The third-order valence-electron chi connectivity index (χ3n) is 1.95. The van der Waals surface area contributed by atoms with Gasteiger partial charge in [-0.2, -0.15) is 0 Å². The minimum absolute atomic E-state index is 0.0462. The second kappa shape index (κ2) is 4.69. The zero-order chi connectivity index (χ0) is 9.68. The number of rotatable bonds is 3. The van der Waals surface area contributed by atoms with E-state index in [2.05, 4.69) is 43.3 Å². The lowest BCUT2D eigenvalue weighted by Gasteiger charge is -2.11. The third-order valence-corrected chi connectivity index (χ3v) is 1.95. The smallest absolute Gasteiger partial charge is 0.0943 e. The summed E-state index contributed by atoms with van der Waals surface area (Å²) in [5, 5.41) is 3.24. The maximum atomic E-state index is 5.43. The molecule has 0 heterocycles. The maximum absolute atomic E-state index is 5.43. The quantitative estimate of drug-likeness (QED) is 0.691. The molecule has 0 aliphatic carbocycles. The highest BCUT2D eigenvalue weighted by Gasteiger charge is 2.04. The fourth-order valence-electron chi connectivity index (χ4n) is 1.33. The van der Waals surface area contributed by atoms with Crippen LogP contribution in [0.1, 0.15) is 24.1 Å². The summed E-state index contributed by atoms with van der Waals surface area (Å²) in [5.41, 5.74) is 2.42. The van der Waals surface area contributed by atoms with E-state index in [1.165, 1.54) is 11.1 Å². The third kappa shape index (κ3) is 2.61. The Morgan fingerprint density at radius 3 is 2.85 bits per heavy atom. The van der Waals surface area contributed by atoms with Crippen molar-refractivity contribution in [3.63, 3.8) is 0 Å². The summed E-state index contributed by atoms with van der Waals surface area (Å²) in [4.78, 5) is 0. The Labute approximate surface area is 80.2 Å². The van der Waals surface area contributed by atoms with Gasteiger partial charge in [-0.15, -0.1) is 6.42 Å². The Hall–Kier alpha value is -1.26. The first-order valence-electron chi connectivity index (χ1n) is 4.54. The van der Waals surface area contributed by atoms with Gasteiger partial charge in [0, 0.05) is 0 Å². The lowest BCUT2D eigenvalue weighted by atomic mass is 10.1. The molecule has 0 bridgehead atoms. The van der Waals surface area contributed by atoms with E-state index in [0.29, 0.717) is 0 Å². The van der Waals surface area contributed by atoms with Crippen molar-refractivity contribution in [2.24, 2.45) is 0 Å². The van der Waals surface area contributed by atoms with Crippen molar-refractivity contribution in [1.29, 1.82) is 0 Å². The SMILES string of the molecule is C#CC(NCC)c1cccc(C)c1. The van der Waals surface area contributed by atoms with Crippen LogP contribution in [-0.2, 0) is 0 Å². The first-order valence-corrected chi connectivity index (χ1v) is 4.54. The van der Waals surface area contributed by atoms with Crippen LogP contribution in [-0.4, -0.2) is 6.54 Å². The predicted molar refractivity (Wildman–Crippen MR) is 56.4 cm³/mol. The number of benzene rings is 1. The molecule has 0 saturated carbocycles. The zero-order valence-electron chi connectivity index (χ0n) is 8.17. The number of aryl methyl sites for hydroxylation is 1. The molecule has 0 aromatic heterocycles. The molecule has 0 radical (unpaired) electrons. The van der Waals surface area contributed by atoms with Crippen LogP contribution in [0, 0.1) is 19.3 Å². The maximum Gasteiger partial charge on any atom is 0.0943 e. The summed E-state index contributed by atoms with van der Waals surface area (Å²) in [6, 6.07) is 8.33. The van der Waals surface area contributed by atoms with Gasteiger partial charge in [0.1, 0.15) is 0 Å². The molecule has 1 N–H and O–H groups in total. The van der Waals surface area contributed by atoms with Gasteiger partial charge in [0.25, 0.3) is 0 Å². The second-order valence-corrected chi connectivity index (χ2v) is 3.07. The topological polar surface area (TPSA) is 12.0 Å². The van der Waals surface area contributed by atoms with Crippen molar-refractivity contribution in [3.8, 4) is 12.3 Å². The molecular weight excluding hydrogens is 158 g/mol. The minimum Gasteiger partial charge on any atom is -0.300 e. The lowest BCUT2D eigenvalue weighted by molar-refractivity contribution is 0.664. The van der Waals surface area contributed by atoms with Crippen molar-refractivity contribution in [2.45, 2.75) is 19.9 Å². The van der Waals surface area contributed by atoms with Crippen LogP contribution in [0.4, 0.5) is 0 Å². The molecule has 1 heteroatoms. The first kappa shape index (κ1) is 9.83. The van der Waals surface area contributed by atoms with Gasteiger partial charge >= 0.3 is 0 Å². The van der Waals surface area contributed by atoms with Crippen LogP contribution in [0.5, 0.6) is 0 Å². The molecule has 1 rings (SSSR count). The lowest BCUT2D eigenvalue weighted by Crippen LogP contribution is -2.19. The predicted octanol–water partition coefficient (Wildman–Crippen LogP) is 2.28. The molecule has 1 nitrogen and oxygen atoms in total. The monoisotopic (exact) mass is 173 g/mol. The van der Waals surface area contributed by atoms with E-state index in [9.17, 15) is 0 Å². The van der Waals surface area contributed by atoms with Crippen molar-refractivity contribution in [3.05, 3.63) is 35.4 Å². The normalized spacial score (nSPS) is 12.1. The summed E-state index contributed by atoms with van der Waals surface area (Å²) in [6.07, 6.45) is 5.43. The molecule has 0 fully saturated rings. The Bertz CT molecular complexity index is 309. The van der Waals surface area contributed by atoms with E-state index in [0.717, 1.165) is 6.54 Å². The standard InChI is InChI=1S/C12H15N/c1-4-12(13-5-2)11-8-6-7-10(3)9-11/h1,6-9,12-13H,5H2,2-3H3. The van der Waals surface area contributed by atoms with Crippen LogP contribution < -0.4 is 5.32 Å². The Morgan fingerprint density at radius 2 is 2.31 bits per heavy atom. The number of hydrogen-bond acceptors (Lipinski definition) is 1. The molecule has 0 saturated heterocycles.